The molecule has 3 amide bonds. The van der Waals surface area contributed by atoms with E-state index >= 15 is 0 Å². The predicted molar refractivity (Wildman–Crippen MR) is 184 cm³/mol. The van der Waals surface area contributed by atoms with Gasteiger partial charge in [-0.05, 0) is 48.7 Å². The van der Waals surface area contributed by atoms with Crippen molar-refractivity contribution in [1.29, 1.82) is 0 Å². The fraction of sp³-hybridized carbons (Fsp3) is 0.353. The summed E-state index contributed by atoms with van der Waals surface area (Å²) in [6.45, 7) is 2.47. The number of benzene rings is 2. The minimum Gasteiger partial charge on any atom is -0.508 e. The lowest BCUT2D eigenvalue weighted by molar-refractivity contribution is -0.137. The van der Waals surface area contributed by atoms with Crippen molar-refractivity contribution in [2.24, 2.45) is 0 Å². The molecule has 0 atom stereocenters. The number of rotatable bonds is 9. The van der Waals surface area contributed by atoms with Crippen LogP contribution in [0.4, 0.5) is 28.9 Å². The van der Waals surface area contributed by atoms with Gasteiger partial charge in [0.05, 0.1) is 41.7 Å². The maximum atomic E-state index is 14.1. The second kappa shape index (κ2) is 15.2. The van der Waals surface area contributed by atoms with Gasteiger partial charge in [0.15, 0.2) is 5.82 Å². The number of aromatic hydroxyl groups is 1. The molecule has 53 heavy (non-hydrogen) atoms. The molecule has 2 aromatic heterocycles. The van der Waals surface area contributed by atoms with Gasteiger partial charge >= 0.3 is 6.18 Å². The molecule has 0 saturated carbocycles. The number of amides is 3. The van der Waals surface area contributed by atoms with Gasteiger partial charge in [-0.25, -0.2) is 4.39 Å². The number of alkyl halides is 3. The van der Waals surface area contributed by atoms with Gasteiger partial charge in [0, 0.05) is 37.8 Å². The summed E-state index contributed by atoms with van der Waals surface area (Å²) in [5.41, 5.74) is -0.267. The molecule has 2 aliphatic rings. The zero-order valence-electron chi connectivity index (χ0n) is 28.2. The first kappa shape index (κ1) is 37.3. The van der Waals surface area contributed by atoms with Crippen molar-refractivity contribution < 1.29 is 41.8 Å². The molecule has 0 radical (unpaired) electrons. The highest BCUT2D eigenvalue weighted by Gasteiger charge is 2.32. The van der Waals surface area contributed by atoms with Crippen molar-refractivity contribution in [3.63, 3.8) is 0 Å². The number of aromatic nitrogens is 4. The van der Waals surface area contributed by atoms with E-state index in [0.29, 0.717) is 31.4 Å². The van der Waals surface area contributed by atoms with E-state index in [2.05, 4.69) is 20.7 Å². The number of hydrogen-bond donors (Lipinski definition) is 3. The Labute approximate surface area is 303 Å². The van der Waals surface area contributed by atoms with E-state index in [1.807, 2.05) is 0 Å². The van der Waals surface area contributed by atoms with E-state index in [1.165, 1.54) is 9.47 Å². The average Bonchev–Trinajstić information content (AvgIpc) is 3.58. The van der Waals surface area contributed by atoms with Gasteiger partial charge in [-0.15, -0.1) is 5.10 Å². The molecule has 1 saturated heterocycles. The Morgan fingerprint density at radius 1 is 1.08 bits per heavy atom. The topological polar surface area (TPSA) is 163 Å². The summed E-state index contributed by atoms with van der Waals surface area (Å²) >= 11 is 6.10. The molecule has 4 aromatic rings. The highest BCUT2D eigenvalue weighted by atomic mass is 35.5. The third-order valence-corrected chi connectivity index (χ3v) is 9.09. The summed E-state index contributed by atoms with van der Waals surface area (Å²) in [5, 5.41) is 18.7. The zero-order valence-corrected chi connectivity index (χ0v) is 28.9. The summed E-state index contributed by atoms with van der Waals surface area (Å²) in [6.07, 6.45) is -2.08. The highest BCUT2D eigenvalue weighted by Crippen LogP contribution is 2.34. The van der Waals surface area contributed by atoms with Crippen molar-refractivity contribution in [2.45, 2.75) is 32.5 Å². The van der Waals surface area contributed by atoms with Crippen LogP contribution in [0.15, 0.2) is 47.3 Å². The van der Waals surface area contributed by atoms with Crippen LogP contribution in [-0.2, 0) is 33.5 Å². The molecule has 19 heteroatoms. The smallest absolute Gasteiger partial charge is 0.416 e. The van der Waals surface area contributed by atoms with Gasteiger partial charge in [0.1, 0.15) is 23.8 Å². The van der Waals surface area contributed by atoms with Crippen LogP contribution in [0.25, 0.3) is 11.4 Å². The van der Waals surface area contributed by atoms with Crippen molar-refractivity contribution in [2.75, 3.05) is 56.2 Å². The molecule has 0 unspecified atom stereocenters. The number of halogens is 5. The van der Waals surface area contributed by atoms with Crippen molar-refractivity contribution in [1.82, 2.24) is 29.4 Å². The number of piperazine rings is 1. The van der Waals surface area contributed by atoms with E-state index in [9.17, 15) is 41.8 Å². The van der Waals surface area contributed by atoms with Crippen molar-refractivity contribution in [3.8, 4) is 5.75 Å². The molecule has 3 N–H and O–H groups in total. The Morgan fingerprint density at radius 2 is 1.83 bits per heavy atom. The first-order valence-electron chi connectivity index (χ1n) is 16.5. The SMILES string of the molecule is CCc1c(N2CCN(C(=O)CNC(=O)c3cc(O)cc(F)c3)CC2)c(=O)n2nc(C3=CCOCC3)nc2n1CC(=O)Nc1ccc(C(F)(F)F)cc1Cl. The van der Waals surface area contributed by atoms with Gasteiger partial charge in [-0.3, -0.25) is 19.2 Å². The third-order valence-electron chi connectivity index (χ3n) is 8.78. The second-order valence-corrected chi connectivity index (χ2v) is 12.6. The molecule has 14 nitrogen and oxygen atoms in total. The molecule has 280 valence electrons. The lowest BCUT2D eigenvalue weighted by Crippen LogP contribution is -2.52. The summed E-state index contributed by atoms with van der Waals surface area (Å²) in [4.78, 5) is 61.0. The third kappa shape index (κ3) is 8.12. The maximum absolute atomic E-state index is 14.1. The Morgan fingerprint density at radius 3 is 2.47 bits per heavy atom. The number of ether oxygens (including phenoxy) is 1. The van der Waals surface area contributed by atoms with E-state index in [0.717, 1.165) is 40.4 Å². The molecular formula is C34H33ClF4N8O6. The standard InChI is InChI=1S/C34H33ClF4N8O6/c1-2-26-29(45-9-7-44(8-10-45)28(50)17-40-31(51)20-13-22(36)16-23(48)14-20)32(52)47-33(42-30(43-47)19-5-11-53-12-6-19)46(26)18-27(49)41-25-4-3-21(15-24(25)35)34(37,38)39/h3-5,13-16,48H,2,6-12,17-18H2,1H3,(H,40,51)(H,41,49). The number of nitrogens with one attached hydrogen (secondary N) is 2. The van der Waals surface area contributed by atoms with Gasteiger partial charge in [0.25, 0.3) is 11.5 Å². The maximum Gasteiger partial charge on any atom is 0.416 e. The van der Waals surface area contributed by atoms with Gasteiger partial charge in [-0.1, -0.05) is 24.6 Å². The highest BCUT2D eigenvalue weighted by molar-refractivity contribution is 6.33. The van der Waals surface area contributed by atoms with Crippen LogP contribution >= 0.6 is 11.6 Å². The number of anilines is 2. The van der Waals surface area contributed by atoms with Crippen molar-refractivity contribution >= 4 is 52.0 Å². The van der Waals surface area contributed by atoms with Crippen LogP contribution in [0.3, 0.4) is 0 Å². The quantitative estimate of drug-likeness (QED) is 0.217. The first-order valence-corrected chi connectivity index (χ1v) is 16.9. The van der Waals surface area contributed by atoms with Crippen LogP contribution in [-0.4, -0.2) is 92.8 Å². The van der Waals surface area contributed by atoms with Gasteiger partial charge in [-0.2, -0.15) is 22.7 Å². The lowest BCUT2D eigenvalue weighted by atomic mass is 10.1. The van der Waals surface area contributed by atoms with Crippen LogP contribution in [0, 0.1) is 5.82 Å². The minimum absolute atomic E-state index is 0.0411. The Balaban J connectivity index is 1.25. The van der Waals surface area contributed by atoms with E-state index in [4.69, 9.17) is 16.3 Å². The molecule has 2 aromatic carbocycles. The number of phenolic OH excluding ortho intramolecular Hbond substituents is 1. The Bertz CT molecular complexity index is 2160. The fourth-order valence-electron chi connectivity index (χ4n) is 6.18. The van der Waals surface area contributed by atoms with E-state index in [-0.39, 0.29) is 66.2 Å². The molecule has 0 aliphatic carbocycles. The molecule has 0 spiro atoms. The summed E-state index contributed by atoms with van der Waals surface area (Å²) in [7, 11) is 0. The van der Waals surface area contributed by atoms with Crippen LogP contribution < -0.4 is 21.1 Å². The minimum atomic E-state index is -4.63. The monoisotopic (exact) mass is 760 g/mol. The molecule has 0 bridgehead atoms. The summed E-state index contributed by atoms with van der Waals surface area (Å²) < 4.78 is 61.2. The summed E-state index contributed by atoms with van der Waals surface area (Å²) in [5.74, 6) is -2.73. The molecule has 4 heterocycles. The average molecular weight is 761 g/mol. The Kier molecular flexibility index (Phi) is 10.7. The Hall–Kier alpha value is -5.49. The van der Waals surface area contributed by atoms with Crippen LogP contribution in [0.2, 0.25) is 5.02 Å². The second-order valence-electron chi connectivity index (χ2n) is 12.2. The van der Waals surface area contributed by atoms with Gasteiger partial charge < -0.3 is 34.8 Å². The van der Waals surface area contributed by atoms with E-state index in [1.54, 1.807) is 17.9 Å². The lowest BCUT2D eigenvalue weighted by Gasteiger charge is -2.36. The number of carbonyl (C=O) groups is 3. The largest absolute Gasteiger partial charge is 0.508 e. The predicted octanol–water partition coefficient (Wildman–Crippen LogP) is 3.49. The molecule has 1 fully saturated rings. The number of hydrogen-bond acceptors (Lipinski definition) is 9. The van der Waals surface area contributed by atoms with Crippen LogP contribution in [0.1, 0.15) is 40.8 Å². The van der Waals surface area contributed by atoms with Crippen molar-refractivity contribution in [3.05, 3.63) is 86.3 Å². The van der Waals surface area contributed by atoms with E-state index < -0.39 is 59.7 Å². The number of phenols is 1. The molecular weight excluding hydrogens is 728 g/mol. The molecule has 2 aliphatic heterocycles. The molecule has 6 rings (SSSR count). The fourth-order valence-corrected chi connectivity index (χ4v) is 6.40. The summed E-state index contributed by atoms with van der Waals surface area (Å²) in [6, 6.07) is 5.42. The first-order chi connectivity index (χ1) is 25.2. The normalized spacial score (nSPS) is 15.0. The zero-order chi connectivity index (χ0) is 38.0. The van der Waals surface area contributed by atoms with Crippen LogP contribution in [0.5, 0.6) is 5.75 Å². The van der Waals surface area contributed by atoms with Gasteiger partial charge in [0.2, 0.25) is 17.6 Å². The number of nitrogens with zero attached hydrogens (tertiary/aromatic N) is 6. The number of carbonyl (C=O) groups excluding carboxylic acids is 3. The number of fused-ring (bicyclic) bond motifs is 1.